The number of carbonyl (C=O) groups excluding carboxylic acids is 2. The molecule has 26 heavy (non-hydrogen) atoms. The minimum atomic E-state index is -0.764. The molecular formula is C21H27NO4. The van der Waals surface area contributed by atoms with Gasteiger partial charge in [-0.2, -0.15) is 0 Å². The van der Waals surface area contributed by atoms with Crippen molar-refractivity contribution in [3.8, 4) is 0 Å². The number of carbonyl (C=O) groups is 2. The van der Waals surface area contributed by atoms with Gasteiger partial charge in [0.25, 0.3) is 0 Å². The molecule has 1 aromatic rings. The van der Waals surface area contributed by atoms with E-state index in [2.05, 4.69) is 25.2 Å². The Morgan fingerprint density at radius 1 is 0.923 bits per heavy atom. The first-order valence-corrected chi connectivity index (χ1v) is 9.50. The van der Waals surface area contributed by atoms with E-state index in [-0.39, 0.29) is 11.7 Å². The second kappa shape index (κ2) is 5.89. The van der Waals surface area contributed by atoms with Crippen LogP contribution < -0.4 is 5.32 Å². The van der Waals surface area contributed by atoms with Gasteiger partial charge in [-0.3, -0.25) is 9.59 Å². The molecule has 1 atom stereocenters. The second-order valence-electron chi connectivity index (χ2n) is 8.15. The first kappa shape index (κ1) is 17.7. The van der Waals surface area contributed by atoms with Gasteiger partial charge in [-0.1, -0.05) is 6.07 Å². The molecule has 3 aliphatic rings. The summed E-state index contributed by atoms with van der Waals surface area (Å²) in [5.41, 5.74) is 4.55. The molecule has 1 unspecified atom stereocenters. The summed E-state index contributed by atoms with van der Waals surface area (Å²) in [4.78, 5) is 26.3. The maximum atomic E-state index is 13.4. The molecule has 1 amide bonds. The largest absolute Gasteiger partial charge is 0.348 e. The Kier molecular flexibility index (Phi) is 4.01. The predicted octanol–water partition coefficient (Wildman–Crippen LogP) is 2.76. The van der Waals surface area contributed by atoms with E-state index in [0.717, 1.165) is 22.3 Å². The van der Waals surface area contributed by atoms with E-state index in [9.17, 15) is 9.59 Å². The summed E-state index contributed by atoms with van der Waals surface area (Å²) >= 11 is 0. The summed E-state index contributed by atoms with van der Waals surface area (Å²) in [5.74, 6) is -1.38. The number of ketones is 1. The Labute approximate surface area is 154 Å². The number of aryl methyl sites for hydroxylation is 2. The fourth-order valence-electron chi connectivity index (χ4n) is 4.99. The lowest BCUT2D eigenvalue weighted by Crippen LogP contribution is -2.53. The molecule has 1 aliphatic carbocycles. The first-order valence-electron chi connectivity index (χ1n) is 9.50. The molecule has 140 valence electrons. The molecule has 1 aromatic carbocycles. The third kappa shape index (κ3) is 2.44. The predicted molar refractivity (Wildman–Crippen MR) is 97.1 cm³/mol. The third-order valence-electron chi connectivity index (χ3n) is 6.74. The molecular weight excluding hydrogens is 330 g/mol. The van der Waals surface area contributed by atoms with E-state index < -0.39 is 17.2 Å². The van der Waals surface area contributed by atoms with Gasteiger partial charge in [-0.25, -0.2) is 0 Å². The van der Waals surface area contributed by atoms with Crippen LogP contribution >= 0.6 is 0 Å². The SMILES string of the molecule is Cc1cc(C)c(C2C(=O)NC3(CCC4(CC3)OCCO4)C2=O)c(C)c1C. The van der Waals surface area contributed by atoms with Crippen molar-refractivity contribution in [2.24, 2.45) is 0 Å². The fourth-order valence-corrected chi connectivity index (χ4v) is 4.99. The maximum absolute atomic E-state index is 13.4. The van der Waals surface area contributed by atoms with Crippen LogP contribution in [0.4, 0.5) is 0 Å². The quantitative estimate of drug-likeness (QED) is 0.785. The molecule has 0 aromatic heterocycles. The first-order chi connectivity index (χ1) is 12.3. The van der Waals surface area contributed by atoms with Crippen LogP contribution in [0, 0.1) is 27.7 Å². The van der Waals surface area contributed by atoms with Crippen molar-refractivity contribution in [3.63, 3.8) is 0 Å². The summed E-state index contributed by atoms with van der Waals surface area (Å²) in [5, 5.41) is 3.06. The number of Topliss-reactive ketones (excluding diaryl/α,β-unsaturated/α-hetero) is 1. The van der Waals surface area contributed by atoms with Gasteiger partial charge in [-0.05, 0) is 68.4 Å². The lowest BCUT2D eigenvalue weighted by atomic mass is 9.73. The van der Waals surface area contributed by atoms with Crippen LogP contribution in [0.1, 0.15) is 59.4 Å². The average molecular weight is 357 g/mol. The topological polar surface area (TPSA) is 64.6 Å². The van der Waals surface area contributed by atoms with Crippen molar-refractivity contribution in [3.05, 3.63) is 33.9 Å². The van der Waals surface area contributed by atoms with Gasteiger partial charge < -0.3 is 14.8 Å². The van der Waals surface area contributed by atoms with Gasteiger partial charge in [0.1, 0.15) is 11.5 Å². The van der Waals surface area contributed by atoms with Crippen LogP contribution in [0.2, 0.25) is 0 Å². The number of nitrogens with one attached hydrogen (secondary N) is 1. The summed E-state index contributed by atoms with van der Waals surface area (Å²) in [6.45, 7) is 9.36. The Balaban J connectivity index is 1.66. The van der Waals surface area contributed by atoms with Gasteiger partial charge in [-0.15, -0.1) is 0 Å². The standard InChI is InChI=1S/C21H27NO4/c1-12-11-13(2)16(15(4)14(12)3)17-18(23)20(22-19(17)24)5-7-21(8-6-20)25-9-10-26-21/h11,17H,5-10H2,1-4H3,(H,22,24). The van der Waals surface area contributed by atoms with Crippen LogP contribution in [0.5, 0.6) is 0 Å². The Morgan fingerprint density at radius 2 is 1.54 bits per heavy atom. The highest BCUT2D eigenvalue weighted by molar-refractivity contribution is 6.17. The zero-order valence-corrected chi connectivity index (χ0v) is 16.0. The van der Waals surface area contributed by atoms with Gasteiger partial charge in [0.2, 0.25) is 5.91 Å². The molecule has 2 aliphatic heterocycles. The molecule has 2 heterocycles. The summed E-state index contributed by atoms with van der Waals surface area (Å²) in [6.07, 6.45) is 2.46. The van der Waals surface area contributed by atoms with Gasteiger partial charge in [0.15, 0.2) is 11.6 Å². The number of amides is 1. The Hall–Kier alpha value is -1.72. The number of hydrogen-bond acceptors (Lipinski definition) is 4. The van der Waals surface area contributed by atoms with Crippen molar-refractivity contribution in [1.82, 2.24) is 5.32 Å². The summed E-state index contributed by atoms with van der Waals surface area (Å²) < 4.78 is 11.6. The van der Waals surface area contributed by atoms with Crippen LogP contribution in [0.15, 0.2) is 6.07 Å². The monoisotopic (exact) mass is 357 g/mol. The van der Waals surface area contributed by atoms with E-state index in [0.29, 0.717) is 38.9 Å². The molecule has 4 rings (SSSR count). The van der Waals surface area contributed by atoms with E-state index in [1.165, 1.54) is 5.56 Å². The van der Waals surface area contributed by atoms with Crippen LogP contribution in [-0.4, -0.2) is 36.2 Å². The van der Waals surface area contributed by atoms with Crippen molar-refractivity contribution in [2.45, 2.75) is 70.6 Å². The molecule has 0 radical (unpaired) electrons. The number of hydrogen-bond donors (Lipinski definition) is 1. The van der Waals surface area contributed by atoms with Crippen LogP contribution in [0.3, 0.4) is 0 Å². The summed E-state index contributed by atoms with van der Waals surface area (Å²) in [7, 11) is 0. The van der Waals surface area contributed by atoms with Crippen LogP contribution in [-0.2, 0) is 19.1 Å². The molecule has 5 heteroatoms. The Morgan fingerprint density at radius 3 is 2.15 bits per heavy atom. The van der Waals surface area contributed by atoms with E-state index in [1.807, 2.05) is 13.8 Å². The van der Waals surface area contributed by atoms with Gasteiger partial charge in [0, 0.05) is 12.8 Å². The Bertz CT molecular complexity index is 782. The maximum Gasteiger partial charge on any atom is 0.235 e. The lowest BCUT2D eigenvalue weighted by Gasteiger charge is -2.40. The normalized spacial score (nSPS) is 26.7. The highest BCUT2D eigenvalue weighted by atomic mass is 16.7. The molecule has 2 saturated heterocycles. The van der Waals surface area contributed by atoms with Crippen molar-refractivity contribution in [2.75, 3.05) is 13.2 Å². The number of benzene rings is 1. The highest BCUT2D eigenvalue weighted by Gasteiger charge is 2.57. The molecule has 0 bridgehead atoms. The molecule has 5 nitrogen and oxygen atoms in total. The van der Waals surface area contributed by atoms with Gasteiger partial charge in [0.05, 0.1) is 13.2 Å². The lowest BCUT2D eigenvalue weighted by molar-refractivity contribution is -0.186. The van der Waals surface area contributed by atoms with Crippen molar-refractivity contribution < 1.29 is 19.1 Å². The number of rotatable bonds is 1. The zero-order chi connectivity index (χ0) is 18.7. The second-order valence-corrected chi connectivity index (χ2v) is 8.15. The average Bonchev–Trinajstić information content (AvgIpc) is 3.15. The smallest absolute Gasteiger partial charge is 0.235 e. The zero-order valence-electron chi connectivity index (χ0n) is 16.0. The van der Waals surface area contributed by atoms with E-state index in [4.69, 9.17) is 9.47 Å². The molecule has 1 saturated carbocycles. The van der Waals surface area contributed by atoms with E-state index >= 15 is 0 Å². The number of ether oxygens (including phenoxy) is 2. The minimum absolute atomic E-state index is 0.0183. The molecule has 2 spiro atoms. The minimum Gasteiger partial charge on any atom is -0.348 e. The van der Waals surface area contributed by atoms with Crippen LogP contribution in [0.25, 0.3) is 0 Å². The van der Waals surface area contributed by atoms with Crippen molar-refractivity contribution in [1.29, 1.82) is 0 Å². The van der Waals surface area contributed by atoms with Crippen molar-refractivity contribution >= 4 is 11.7 Å². The van der Waals surface area contributed by atoms with E-state index in [1.54, 1.807) is 0 Å². The molecule has 1 N–H and O–H groups in total. The van der Waals surface area contributed by atoms with Gasteiger partial charge >= 0.3 is 0 Å². The third-order valence-corrected chi connectivity index (χ3v) is 6.74. The highest BCUT2D eigenvalue weighted by Crippen LogP contribution is 2.46. The fraction of sp³-hybridized carbons (Fsp3) is 0.619. The summed E-state index contributed by atoms with van der Waals surface area (Å²) in [6, 6.07) is 2.08. The molecule has 3 fully saturated rings.